The normalized spacial score (nSPS) is 22.7. The molecular formula is C16H22N4. The van der Waals surface area contributed by atoms with Gasteiger partial charge in [-0.25, -0.2) is 4.68 Å². The molecule has 0 aliphatic heterocycles. The van der Waals surface area contributed by atoms with Crippen molar-refractivity contribution in [3.63, 3.8) is 0 Å². The van der Waals surface area contributed by atoms with Gasteiger partial charge in [-0.3, -0.25) is 0 Å². The van der Waals surface area contributed by atoms with Crippen LogP contribution in [0.1, 0.15) is 43.0 Å². The van der Waals surface area contributed by atoms with E-state index in [0.29, 0.717) is 17.9 Å². The van der Waals surface area contributed by atoms with Crippen molar-refractivity contribution < 1.29 is 0 Å². The van der Waals surface area contributed by atoms with Gasteiger partial charge in [0.2, 0.25) is 0 Å². The molecule has 1 aromatic carbocycles. The zero-order chi connectivity index (χ0) is 13.9. The molecule has 0 spiro atoms. The van der Waals surface area contributed by atoms with Crippen LogP contribution in [0.3, 0.4) is 0 Å². The van der Waals surface area contributed by atoms with Gasteiger partial charge in [0, 0.05) is 6.54 Å². The van der Waals surface area contributed by atoms with Gasteiger partial charge in [0.05, 0.1) is 17.9 Å². The van der Waals surface area contributed by atoms with E-state index < -0.39 is 0 Å². The number of hydrogen-bond acceptors (Lipinski definition) is 3. The van der Waals surface area contributed by atoms with E-state index in [-0.39, 0.29) is 0 Å². The fraction of sp³-hybridized carbons (Fsp3) is 0.500. The Labute approximate surface area is 120 Å². The molecule has 1 N–H and O–H groups in total. The second-order valence-electron chi connectivity index (χ2n) is 5.57. The molecule has 20 heavy (non-hydrogen) atoms. The van der Waals surface area contributed by atoms with Crippen molar-refractivity contribution >= 4 is 0 Å². The lowest BCUT2D eigenvalue weighted by molar-refractivity contribution is 0.453. The van der Waals surface area contributed by atoms with E-state index in [9.17, 15) is 0 Å². The average Bonchev–Trinajstić information content (AvgIpc) is 3.14. The summed E-state index contributed by atoms with van der Waals surface area (Å²) in [5.41, 5.74) is 2.67. The largest absolute Gasteiger partial charge is 0.311 e. The fourth-order valence-corrected chi connectivity index (χ4v) is 3.14. The second kappa shape index (κ2) is 5.75. The number of benzene rings is 1. The Balaban J connectivity index is 1.77. The van der Waals surface area contributed by atoms with Crippen LogP contribution in [0.5, 0.6) is 0 Å². The molecule has 1 heterocycles. The third kappa shape index (κ3) is 2.48. The first-order valence-electron chi connectivity index (χ1n) is 7.45. The van der Waals surface area contributed by atoms with Crippen LogP contribution < -0.4 is 5.32 Å². The first-order chi connectivity index (χ1) is 9.85. The zero-order valence-electron chi connectivity index (χ0n) is 12.2. The first-order valence-corrected chi connectivity index (χ1v) is 7.45. The molecule has 106 valence electrons. The maximum absolute atomic E-state index is 4.21. The number of rotatable bonds is 6. The summed E-state index contributed by atoms with van der Waals surface area (Å²) in [6, 6.07) is 11.2. The molecule has 0 radical (unpaired) electrons. The van der Waals surface area contributed by atoms with Crippen molar-refractivity contribution in [1.82, 2.24) is 20.3 Å². The van der Waals surface area contributed by atoms with Crippen molar-refractivity contribution in [3.8, 4) is 0 Å². The highest BCUT2D eigenvalue weighted by molar-refractivity contribution is 5.28. The third-order valence-corrected chi connectivity index (χ3v) is 4.21. The second-order valence-corrected chi connectivity index (χ2v) is 5.57. The maximum Gasteiger partial charge on any atom is 0.0759 e. The summed E-state index contributed by atoms with van der Waals surface area (Å²) in [5, 5.41) is 11.8. The van der Waals surface area contributed by atoms with Crippen LogP contribution in [0.2, 0.25) is 0 Å². The van der Waals surface area contributed by atoms with E-state index >= 15 is 0 Å². The Kier molecular flexibility index (Phi) is 3.83. The van der Waals surface area contributed by atoms with E-state index in [1.165, 1.54) is 17.7 Å². The van der Waals surface area contributed by atoms with Crippen LogP contribution in [0.15, 0.2) is 36.5 Å². The number of aromatic nitrogens is 3. The van der Waals surface area contributed by atoms with Crippen molar-refractivity contribution in [2.45, 2.75) is 38.3 Å². The summed E-state index contributed by atoms with van der Waals surface area (Å²) in [6.45, 7) is 3.11. The summed E-state index contributed by atoms with van der Waals surface area (Å²) in [6.07, 6.45) is 4.24. The minimum Gasteiger partial charge on any atom is -0.311 e. The molecule has 0 saturated heterocycles. The molecule has 3 unspecified atom stereocenters. The lowest BCUT2D eigenvalue weighted by Gasteiger charge is -2.17. The monoisotopic (exact) mass is 270 g/mol. The summed E-state index contributed by atoms with van der Waals surface area (Å²) < 4.78 is 2.04. The Bertz CT molecular complexity index is 549. The van der Waals surface area contributed by atoms with Gasteiger partial charge in [-0.15, -0.1) is 5.10 Å². The van der Waals surface area contributed by atoms with Crippen LogP contribution in [0, 0.1) is 5.92 Å². The van der Waals surface area contributed by atoms with E-state index in [1.807, 2.05) is 17.9 Å². The SMILES string of the molecule is CCCn1nncc1C(NC)C1CC1c1ccccc1. The fourth-order valence-electron chi connectivity index (χ4n) is 3.14. The Morgan fingerprint density at radius 3 is 2.85 bits per heavy atom. The topological polar surface area (TPSA) is 42.7 Å². The van der Waals surface area contributed by atoms with Gasteiger partial charge in [-0.2, -0.15) is 0 Å². The van der Waals surface area contributed by atoms with Gasteiger partial charge in [-0.1, -0.05) is 42.5 Å². The quantitative estimate of drug-likeness (QED) is 0.877. The van der Waals surface area contributed by atoms with Gasteiger partial charge < -0.3 is 5.32 Å². The van der Waals surface area contributed by atoms with Gasteiger partial charge >= 0.3 is 0 Å². The van der Waals surface area contributed by atoms with Crippen molar-refractivity contribution in [2.75, 3.05) is 7.05 Å². The van der Waals surface area contributed by atoms with Gasteiger partial charge in [0.15, 0.2) is 0 Å². The number of nitrogens with zero attached hydrogens (tertiary/aromatic N) is 3. The summed E-state index contributed by atoms with van der Waals surface area (Å²) in [4.78, 5) is 0. The molecule has 2 aromatic rings. The lowest BCUT2D eigenvalue weighted by atomic mass is 10.0. The van der Waals surface area contributed by atoms with E-state index in [4.69, 9.17) is 0 Å². The highest BCUT2D eigenvalue weighted by Crippen LogP contribution is 2.53. The molecule has 4 nitrogen and oxygen atoms in total. The molecular weight excluding hydrogens is 248 g/mol. The van der Waals surface area contributed by atoms with E-state index in [1.54, 1.807) is 0 Å². The number of hydrogen-bond donors (Lipinski definition) is 1. The third-order valence-electron chi connectivity index (χ3n) is 4.21. The summed E-state index contributed by atoms with van der Waals surface area (Å²) in [5.74, 6) is 1.31. The summed E-state index contributed by atoms with van der Waals surface area (Å²) in [7, 11) is 2.04. The van der Waals surface area contributed by atoms with E-state index in [2.05, 4.69) is 52.9 Å². The molecule has 3 rings (SSSR count). The standard InChI is InChI=1S/C16H22N4/c1-3-9-20-15(11-18-19-20)16(17-2)14-10-13(14)12-7-5-4-6-8-12/h4-8,11,13-14,16-17H,3,9-10H2,1-2H3. The van der Waals surface area contributed by atoms with E-state index in [0.717, 1.165) is 13.0 Å². The molecule has 1 fully saturated rings. The molecule has 1 aliphatic carbocycles. The predicted octanol–water partition coefficient (Wildman–Crippen LogP) is 2.75. The molecule has 4 heteroatoms. The van der Waals surface area contributed by atoms with Crippen molar-refractivity contribution in [1.29, 1.82) is 0 Å². The Morgan fingerprint density at radius 2 is 2.15 bits per heavy atom. The Hall–Kier alpha value is -1.68. The number of nitrogens with one attached hydrogen (secondary N) is 1. The highest BCUT2D eigenvalue weighted by atomic mass is 15.4. The Morgan fingerprint density at radius 1 is 1.35 bits per heavy atom. The molecule has 3 atom stereocenters. The van der Waals surface area contributed by atoms with Crippen LogP contribution >= 0.6 is 0 Å². The maximum atomic E-state index is 4.21. The molecule has 0 bridgehead atoms. The van der Waals surface area contributed by atoms with Crippen molar-refractivity contribution in [2.24, 2.45) is 5.92 Å². The summed E-state index contributed by atoms with van der Waals surface area (Å²) >= 11 is 0. The average molecular weight is 270 g/mol. The molecule has 1 aliphatic rings. The van der Waals surface area contributed by atoms with Crippen LogP contribution in [0.4, 0.5) is 0 Å². The van der Waals surface area contributed by atoms with Gasteiger partial charge in [-0.05, 0) is 37.3 Å². The van der Waals surface area contributed by atoms with Gasteiger partial charge in [0.25, 0.3) is 0 Å². The molecule has 1 saturated carbocycles. The zero-order valence-corrected chi connectivity index (χ0v) is 12.2. The lowest BCUT2D eigenvalue weighted by Crippen LogP contribution is -2.23. The minimum absolute atomic E-state index is 0.349. The smallest absolute Gasteiger partial charge is 0.0759 e. The van der Waals surface area contributed by atoms with Gasteiger partial charge in [0.1, 0.15) is 0 Å². The predicted molar refractivity (Wildman–Crippen MR) is 79.4 cm³/mol. The van der Waals surface area contributed by atoms with Crippen LogP contribution in [-0.2, 0) is 6.54 Å². The molecule has 0 amide bonds. The minimum atomic E-state index is 0.349. The van der Waals surface area contributed by atoms with Crippen LogP contribution in [-0.4, -0.2) is 22.0 Å². The van der Waals surface area contributed by atoms with Crippen molar-refractivity contribution in [3.05, 3.63) is 47.8 Å². The first kappa shape index (κ1) is 13.3. The highest BCUT2D eigenvalue weighted by Gasteiger charge is 2.44. The number of aryl methyl sites for hydroxylation is 1. The van der Waals surface area contributed by atoms with Crippen LogP contribution in [0.25, 0.3) is 0 Å². The molecule has 1 aromatic heterocycles.